The van der Waals surface area contributed by atoms with Crippen LogP contribution in [0.5, 0.6) is 0 Å². The Balaban J connectivity index is 2.17. The van der Waals surface area contributed by atoms with Gasteiger partial charge in [0.2, 0.25) is 0 Å². The van der Waals surface area contributed by atoms with Crippen LogP contribution >= 0.6 is 22.9 Å². The van der Waals surface area contributed by atoms with Gasteiger partial charge in [0, 0.05) is 23.5 Å². The number of thiazole rings is 1. The van der Waals surface area contributed by atoms with Crippen LogP contribution in [0.3, 0.4) is 0 Å². The van der Waals surface area contributed by atoms with E-state index < -0.39 is 5.82 Å². The predicted octanol–water partition coefficient (Wildman–Crippen LogP) is 4.66. The molecule has 0 aliphatic carbocycles. The summed E-state index contributed by atoms with van der Waals surface area (Å²) in [5.41, 5.74) is 4.29. The number of hydrogen-bond acceptors (Lipinski definition) is 3. The number of rotatable bonds is 2. The Hall–Kier alpha value is -1.78. The molecule has 0 unspecified atom stereocenters. The number of hydrogen-bond donors (Lipinski definition) is 0. The molecule has 5 heteroatoms. The Kier molecular flexibility index (Phi) is 3.27. The molecule has 94 valence electrons. The summed E-state index contributed by atoms with van der Waals surface area (Å²) in [6.07, 6.45) is 3.49. The van der Waals surface area contributed by atoms with Gasteiger partial charge in [-0.25, -0.2) is 4.39 Å². The molecule has 0 atom stereocenters. The summed E-state index contributed by atoms with van der Waals surface area (Å²) in [5, 5.41) is 0.0957. The van der Waals surface area contributed by atoms with Crippen LogP contribution in [0.2, 0.25) is 5.02 Å². The fraction of sp³-hybridized carbons (Fsp3) is 0. The van der Waals surface area contributed by atoms with Gasteiger partial charge in [0.25, 0.3) is 0 Å². The van der Waals surface area contributed by atoms with Crippen molar-refractivity contribution >= 4 is 22.9 Å². The van der Waals surface area contributed by atoms with Crippen LogP contribution < -0.4 is 0 Å². The third kappa shape index (κ3) is 2.37. The molecule has 0 saturated carbocycles. The lowest BCUT2D eigenvalue weighted by Crippen LogP contribution is -1.88. The second kappa shape index (κ2) is 5.07. The van der Waals surface area contributed by atoms with Crippen molar-refractivity contribution in [3.8, 4) is 21.7 Å². The lowest BCUT2D eigenvalue weighted by Gasteiger charge is -2.07. The molecule has 0 spiro atoms. The summed E-state index contributed by atoms with van der Waals surface area (Å²) < 4.78 is 13.2. The Morgan fingerprint density at radius 2 is 2.11 bits per heavy atom. The number of halogens is 2. The quantitative estimate of drug-likeness (QED) is 0.686. The lowest BCUT2D eigenvalue weighted by atomic mass is 10.1. The van der Waals surface area contributed by atoms with Gasteiger partial charge in [0.1, 0.15) is 5.82 Å². The first-order chi connectivity index (χ1) is 9.25. The minimum absolute atomic E-state index is 0.0957. The maximum Gasteiger partial charge on any atom is 0.141 e. The molecule has 0 N–H and O–H groups in total. The smallest absolute Gasteiger partial charge is 0.141 e. The second-order valence-corrected chi connectivity index (χ2v) is 5.19. The van der Waals surface area contributed by atoms with Crippen molar-refractivity contribution in [2.45, 2.75) is 0 Å². The van der Waals surface area contributed by atoms with Gasteiger partial charge in [-0.1, -0.05) is 11.6 Å². The van der Waals surface area contributed by atoms with Gasteiger partial charge in [-0.2, -0.15) is 0 Å². The van der Waals surface area contributed by atoms with E-state index in [9.17, 15) is 4.39 Å². The van der Waals surface area contributed by atoms with E-state index in [0.29, 0.717) is 0 Å². The molecular formula is C14H8ClFN2S. The molecule has 0 saturated heterocycles. The summed E-state index contributed by atoms with van der Waals surface area (Å²) >= 11 is 7.36. The zero-order valence-corrected chi connectivity index (χ0v) is 11.2. The molecule has 19 heavy (non-hydrogen) atoms. The first kappa shape index (κ1) is 12.3. The fourth-order valence-electron chi connectivity index (χ4n) is 1.83. The molecule has 3 aromatic rings. The predicted molar refractivity (Wildman–Crippen MR) is 75.7 cm³/mol. The lowest BCUT2D eigenvalue weighted by molar-refractivity contribution is 0.628. The Bertz CT molecular complexity index is 713. The Morgan fingerprint density at radius 3 is 2.84 bits per heavy atom. The number of pyridine rings is 1. The summed E-state index contributed by atoms with van der Waals surface area (Å²) in [5.74, 6) is -0.430. The van der Waals surface area contributed by atoms with Crippen molar-refractivity contribution in [3.05, 3.63) is 59.1 Å². The van der Waals surface area contributed by atoms with Crippen molar-refractivity contribution < 1.29 is 4.39 Å². The van der Waals surface area contributed by atoms with E-state index in [-0.39, 0.29) is 5.02 Å². The molecule has 0 fully saturated rings. The zero-order chi connectivity index (χ0) is 13.2. The molecule has 0 aliphatic rings. The van der Waals surface area contributed by atoms with E-state index in [2.05, 4.69) is 9.97 Å². The second-order valence-electron chi connectivity index (χ2n) is 3.89. The molecule has 0 radical (unpaired) electrons. The number of nitrogens with zero attached hydrogens (tertiary/aromatic N) is 2. The maximum atomic E-state index is 13.2. The molecule has 3 rings (SSSR count). The van der Waals surface area contributed by atoms with E-state index in [1.165, 1.54) is 17.4 Å². The van der Waals surface area contributed by atoms with Gasteiger partial charge in [0.15, 0.2) is 0 Å². The normalized spacial score (nSPS) is 10.6. The van der Waals surface area contributed by atoms with Crippen molar-refractivity contribution in [2.24, 2.45) is 0 Å². The highest BCUT2D eigenvalue weighted by molar-refractivity contribution is 7.13. The first-order valence-corrected chi connectivity index (χ1v) is 6.81. The van der Waals surface area contributed by atoms with Crippen molar-refractivity contribution in [3.63, 3.8) is 0 Å². The monoisotopic (exact) mass is 290 g/mol. The average molecular weight is 291 g/mol. The van der Waals surface area contributed by atoms with Gasteiger partial charge in [-0.3, -0.25) is 9.97 Å². The summed E-state index contributed by atoms with van der Waals surface area (Å²) in [4.78, 5) is 9.46. The van der Waals surface area contributed by atoms with Crippen molar-refractivity contribution in [1.82, 2.24) is 9.97 Å². The van der Waals surface area contributed by atoms with Crippen molar-refractivity contribution in [2.75, 3.05) is 0 Å². The topological polar surface area (TPSA) is 25.8 Å². The standard InChI is InChI=1S/C14H8ClFN2S/c15-11-6-9(3-4-12(11)16)14-10(2-1-5-18-14)13-7-17-8-19-13/h1-8H. The van der Waals surface area contributed by atoms with E-state index in [4.69, 9.17) is 11.6 Å². The van der Waals surface area contributed by atoms with E-state index in [0.717, 1.165) is 21.7 Å². The van der Waals surface area contributed by atoms with E-state index >= 15 is 0 Å². The number of benzene rings is 1. The summed E-state index contributed by atoms with van der Waals surface area (Å²) in [7, 11) is 0. The molecule has 0 amide bonds. The molecule has 2 heterocycles. The molecule has 0 bridgehead atoms. The van der Waals surface area contributed by atoms with Crippen LogP contribution in [-0.4, -0.2) is 9.97 Å². The van der Waals surface area contributed by atoms with Crippen LogP contribution in [0, 0.1) is 5.82 Å². The molecule has 2 aromatic heterocycles. The largest absolute Gasteiger partial charge is 0.256 e. The highest BCUT2D eigenvalue weighted by Gasteiger charge is 2.11. The zero-order valence-electron chi connectivity index (χ0n) is 9.68. The molecule has 0 aliphatic heterocycles. The minimum atomic E-state index is -0.430. The van der Waals surface area contributed by atoms with Gasteiger partial charge < -0.3 is 0 Å². The highest BCUT2D eigenvalue weighted by Crippen LogP contribution is 2.33. The Morgan fingerprint density at radius 1 is 1.21 bits per heavy atom. The summed E-state index contributed by atoms with van der Waals surface area (Å²) in [6, 6.07) is 8.44. The molecule has 2 nitrogen and oxygen atoms in total. The fourth-order valence-corrected chi connectivity index (χ4v) is 2.66. The van der Waals surface area contributed by atoms with Crippen LogP contribution in [0.1, 0.15) is 0 Å². The van der Waals surface area contributed by atoms with Gasteiger partial charge in [0.05, 0.1) is 21.1 Å². The molecular weight excluding hydrogens is 283 g/mol. The maximum absolute atomic E-state index is 13.2. The summed E-state index contributed by atoms with van der Waals surface area (Å²) in [6.45, 7) is 0. The molecule has 1 aromatic carbocycles. The average Bonchev–Trinajstić information content (AvgIpc) is 2.96. The SMILES string of the molecule is Fc1ccc(-c2ncccc2-c2cncs2)cc1Cl. The third-order valence-electron chi connectivity index (χ3n) is 2.70. The van der Waals surface area contributed by atoms with Crippen molar-refractivity contribution in [1.29, 1.82) is 0 Å². The van der Waals surface area contributed by atoms with Gasteiger partial charge in [-0.05, 0) is 30.3 Å². The number of aromatic nitrogens is 2. The van der Waals surface area contributed by atoms with Crippen LogP contribution in [-0.2, 0) is 0 Å². The minimum Gasteiger partial charge on any atom is -0.256 e. The van der Waals surface area contributed by atoms with Gasteiger partial charge >= 0.3 is 0 Å². The first-order valence-electron chi connectivity index (χ1n) is 5.55. The van der Waals surface area contributed by atoms with E-state index in [1.54, 1.807) is 30.0 Å². The van der Waals surface area contributed by atoms with E-state index in [1.807, 2.05) is 12.1 Å². The van der Waals surface area contributed by atoms with Crippen LogP contribution in [0.15, 0.2) is 48.2 Å². The Labute approximate surface area is 118 Å². The van der Waals surface area contributed by atoms with Crippen LogP contribution in [0.25, 0.3) is 21.7 Å². The highest BCUT2D eigenvalue weighted by atomic mass is 35.5. The third-order valence-corrected chi connectivity index (χ3v) is 3.79. The van der Waals surface area contributed by atoms with Crippen LogP contribution in [0.4, 0.5) is 4.39 Å². The van der Waals surface area contributed by atoms with Gasteiger partial charge in [-0.15, -0.1) is 11.3 Å².